The fourth-order valence-corrected chi connectivity index (χ4v) is 3.44. The normalized spacial score (nSPS) is 14.0. The lowest BCUT2D eigenvalue weighted by Gasteiger charge is -2.19. The monoisotopic (exact) mass is 338 g/mol. The quantitative estimate of drug-likeness (QED) is 0.881. The van der Waals surface area contributed by atoms with Gasteiger partial charge in [-0.15, -0.1) is 0 Å². The summed E-state index contributed by atoms with van der Waals surface area (Å²) in [4.78, 5) is 11.6. The number of benzene rings is 1. The largest absolute Gasteiger partial charge is 0.343 e. The molecule has 126 valence electrons. The highest BCUT2D eigenvalue weighted by Gasteiger charge is 2.22. The molecule has 1 unspecified atom stereocenters. The van der Waals surface area contributed by atoms with Gasteiger partial charge in [-0.3, -0.25) is 4.57 Å². The van der Waals surface area contributed by atoms with E-state index < -0.39 is 16.1 Å². The molecule has 1 aromatic heterocycles. The minimum Gasteiger partial charge on any atom is -0.281 e. The average molecular weight is 338 g/mol. The number of sulfonamides is 1. The van der Waals surface area contributed by atoms with Crippen molar-refractivity contribution in [1.82, 2.24) is 19.5 Å². The van der Waals surface area contributed by atoms with Crippen molar-refractivity contribution >= 4 is 10.0 Å². The predicted molar refractivity (Wildman–Crippen MR) is 87.7 cm³/mol. The van der Waals surface area contributed by atoms with Crippen molar-refractivity contribution in [3.05, 3.63) is 46.1 Å². The molecule has 0 aliphatic carbocycles. The maximum atomic E-state index is 12.5. The Morgan fingerprint density at radius 1 is 1.22 bits per heavy atom. The summed E-state index contributed by atoms with van der Waals surface area (Å²) in [5, 5.41) is 6.13. The first-order valence-corrected chi connectivity index (χ1v) is 8.75. The van der Waals surface area contributed by atoms with Crippen LogP contribution in [0, 0.1) is 0 Å². The number of nitrogens with zero attached hydrogens (tertiary/aromatic N) is 2. The Morgan fingerprint density at radius 3 is 2.22 bits per heavy atom. The average Bonchev–Trinajstić information content (AvgIpc) is 2.78. The third-order valence-electron chi connectivity index (χ3n) is 3.66. The smallest absolute Gasteiger partial charge is 0.281 e. The molecule has 2 N–H and O–H groups in total. The van der Waals surface area contributed by atoms with Crippen LogP contribution in [0.4, 0.5) is 0 Å². The number of aromatic nitrogens is 3. The van der Waals surface area contributed by atoms with Gasteiger partial charge in [-0.05, 0) is 30.0 Å². The molecular formula is C15H22N4O3S. The van der Waals surface area contributed by atoms with Crippen molar-refractivity contribution < 1.29 is 8.42 Å². The lowest BCUT2D eigenvalue weighted by Crippen LogP contribution is -2.29. The Labute approximate surface area is 135 Å². The molecule has 0 bridgehead atoms. The van der Waals surface area contributed by atoms with E-state index in [1.54, 1.807) is 19.1 Å². The molecule has 0 aliphatic rings. The first-order chi connectivity index (χ1) is 10.5. The molecular weight excluding hydrogens is 316 g/mol. The Morgan fingerprint density at radius 2 is 1.78 bits per heavy atom. The molecule has 0 saturated carbocycles. The molecule has 23 heavy (non-hydrogen) atoms. The molecule has 1 aromatic carbocycles. The Balaban J connectivity index is 2.25. The molecule has 0 amide bonds. The minimum absolute atomic E-state index is 0.0453. The van der Waals surface area contributed by atoms with E-state index in [-0.39, 0.29) is 16.0 Å². The minimum atomic E-state index is -3.70. The van der Waals surface area contributed by atoms with Crippen molar-refractivity contribution in [3.63, 3.8) is 0 Å². The Bertz CT molecular complexity index is 842. The first-order valence-electron chi connectivity index (χ1n) is 7.26. The van der Waals surface area contributed by atoms with Crippen LogP contribution in [-0.4, -0.2) is 23.2 Å². The van der Waals surface area contributed by atoms with Gasteiger partial charge in [-0.2, -0.15) is 5.10 Å². The van der Waals surface area contributed by atoms with Crippen LogP contribution in [0.3, 0.4) is 0 Å². The van der Waals surface area contributed by atoms with Crippen LogP contribution in [0.25, 0.3) is 0 Å². The van der Waals surface area contributed by atoms with Crippen LogP contribution in [0.15, 0.2) is 34.0 Å². The van der Waals surface area contributed by atoms with E-state index in [2.05, 4.69) is 35.7 Å². The van der Waals surface area contributed by atoms with E-state index in [1.165, 1.54) is 11.6 Å². The molecule has 2 aromatic rings. The van der Waals surface area contributed by atoms with E-state index in [9.17, 15) is 13.2 Å². The van der Waals surface area contributed by atoms with E-state index in [0.29, 0.717) is 5.82 Å². The topological polar surface area (TPSA) is 96.8 Å². The highest BCUT2D eigenvalue weighted by Crippen LogP contribution is 2.23. The van der Waals surface area contributed by atoms with Crippen LogP contribution in [0.2, 0.25) is 0 Å². The number of aromatic amines is 1. The van der Waals surface area contributed by atoms with Gasteiger partial charge >= 0.3 is 5.69 Å². The molecule has 1 heterocycles. The van der Waals surface area contributed by atoms with E-state index >= 15 is 0 Å². The lowest BCUT2D eigenvalue weighted by molar-refractivity contribution is 0.551. The summed E-state index contributed by atoms with van der Waals surface area (Å²) in [6.45, 7) is 7.83. The second kappa shape index (κ2) is 5.93. The molecule has 0 saturated heterocycles. The fraction of sp³-hybridized carbons (Fsp3) is 0.467. The maximum absolute atomic E-state index is 12.5. The van der Waals surface area contributed by atoms with Crippen LogP contribution in [0.1, 0.15) is 45.1 Å². The maximum Gasteiger partial charge on any atom is 0.343 e. The Hall–Kier alpha value is -1.93. The van der Waals surface area contributed by atoms with Gasteiger partial charge in [-0.25, -0.2) is 23.0 Å². The molecule has 0 fully saturated rings. The van der Waals surface area contributed by atoms with Gasteiger partial charge in [0, 0.05) is 7.05 Å². The van der Waals surface area contributed by atoms with Gasteiger partial charge < -0.3 is 0 Å². The third-order valence-corrected chi connectivity index (χ3v) is 5.22. The summed E-state index contributed by atoms with van der Waals surface area (Å²) >= 11 is 0. The van der Waals surface area contributed by atoms with Gasteiger partial charge in [0.15, 0.2) is 5.82 Å². The summed E-state index contributed by atoms with van der Waals surface area (Å²) in [6.07, 6.45) is 0. The zero-order chi connectivity index (χ0) is 17.4. The van der Waals surface area contributed by atoms with Crippen molar-refractivity contribution in [2.45, 2.75) is 44.0 Å². The van der Waals surface area contributed by atoms with Crippen LogP contribution < -0.4 is 10.4 Å². The highest BCUT2D eigenvalue weighted by molar-refractivity contribution is 7.89. The summed E-state index contributed by atoms with van der Waals surface area (Å²) in [7, 11) is -2.16. The zero-order valence-electron chi connectivity index (χ0n) is 13.9. The van der Waals surface area contributed by atoms with Crippen LogP contribution >= 0.6 is 0 Å². The number of nitrogens with one attached hydrogen (secondary N) is 2. The number of hydrogen-bond acceptors (Lipinski definition) is 4. The van der Waals surface area contributed by atoms with Crippen molar-refractivity contribution in [3.8, 4) is 0 Å². The SMILES string of the molecule is CC(NS(=O)(=O)c1ccc(C(C)(C)C)cc1)c1n[nH]c(=O)n1C. The summed E-state index contributed by atoms with van der Waals surface area (Å²) in [6, 6.07) is 6.15. The van der Waals surface area contributed by atoms with Gasteiger partial charge in [-0.1, -0.05) is 32.9 Å². The van der Waals surface area contributed by atoms with Gasteiger partial charge in [0.25, 0.3) is 0 Å². The molecule has 8 heteroatoms. The van der Waals surface area contributed by atoms with Crippen molar-refractivity contribution in [2.24, 2.45) is 7.05 Å². The van der Waals surface area contributed by atoms with Crippen molar-refractivity contribution in [1.29, 1.82) is 0 Å². The van der Waals surface area contributed by atoms with E-state index in [4.69, 9.17) is 0 Å². The molecule has 7 nitrogen and oxygen atoms in total. The van der Waals surface area contributed by atoms with Crippen molar-refractivity contribution in [2.75, 3.05) is 0 Å². The fourth-order valence-electron chi connectivity index (χ4n) is 2.23. The number of hydrogen-bond donors (Lipinski definition) is 2. The van der Waals surface area contributed by atoms with Crippen LogP contribution in [-0.2, 0) is 22.5 Å². The van der Waals surface area contributed by atoms with E-state index in [1.807, 2.05) is 12.1 Å². The van der Waals surface area contributed by atoms with Gasteiger partial charge in [0.1, 0.15) is 0 Å². The molecule has 2 rings (SSSR count). The predicted octanol–water partition coefficient (Wildman–Crippen LogP) is 1.45. The summed E-state index contributed by atoms with van der Waals surface area (Å²) in [5.41, 5.74) is 0.621. The first kappa shape index (κ1) is 17.4. The Kier molecular flexibility index (Phi) is 4.50. The second-order valence-corrected chi connectivity index (χ2v) is 8.28. The third kappa shape index (κ3) is 3.70. The van der Waals surface area contributed by atoms with E-state index in [0.717, 1.165) is 5.56 Å². The molecule has 1 atom stereocenters. The van der Waals surface area contributed by atoms with Crippen LogP contribution in [0.5, 0.6) is 0 Å². The molecule has 0 spiro atoms. The molecule has 0 aliphatic heterocycles. The molecule has 0 radical (unpaired) electrons. The summed E-state index contributed by atoms with van der Waals surface area (Å²) in [5.74, 6) is 0.324. The second-order valence-electron chi connectivity index (χ2n) is 6.56. The van der Waals surface area contributed by atoms with Gasteiger partial charge in [0.2, 0.25) is 10.0 Å². The summed E-state index contributed by atoms with van der Waals surface area (Å²) < 4.78 is 28.7. The number of rotatable bonds is 4. The van der Waals surface area contributed by atoms with Gasteiger partial charge in [0.05, 0.1) is 10.9 Å². The lowest BCUT2D eigenvalue weighted by atomic mass is 9.87. The standard InChI is InChI=1S/C15H22N4O3S/c1-10(13-16-17-14(20)19(13)5)18-23(21,22)12-8-6-11(7-9-12)15(2,3)4/h6-10,18H,1-5H3,(H,17,20). The highest BCUT2D eigenvalue weighted by atomic mass is 32.2. The number of H-pyrrole nitrogens is 1. The zero-order valence-corrected chi connectivity index (χ0v) is 14.7.